The Morgan fingerprint density at radius 2 is 1.79 bits per heavy atom. The number of hydrogen-bond acceptors (Lipinski definition) is 4. The highest BCUT2D eigenvalue weighted by molar-refractivity contribution is 5.72. The first-order valence-electron chi connectivity index (χ1n) is 6.67. The third kappa shape index (κ3) is 11.5. The molecule has 0 aliphatic heterocycles. The molecule has 0 aromatic rings. The van der Waals surface area contributed by atoms with Crippen LogP contribution in [0.3, 0.4) is 0 Å². The van der Waals surface area contributed by atoms with E-state index in [1.165, 1.54) is 0 Å². The lowest BCUT2D eigenvalue weighted by atomic mass is 10.1. The molecule has 4 N–H and O–H groups in total. The molecule has 1 atom stereocenters. The normalized spacial score (nSPS) is 12.8. The van der Waals surface area contributed by atoms with Gasteiger partial charge in [-0.25, -0.2) is 4.79 Å². The predicted molar refractivity (Wildman–Crippen MR) is 72.9 cm³/mol. The fourth-order valence-electron chi connectivity index (χ4n) is 1.47. The van der Waals surface area contributed by atoms with Gasteiger partial charge in [0.1, 0.15) is 11.6 Å². The maximum absolute atomic E-state index is 11.3. The number of rotatable bonds is 8. The molecule has 0 spiro atoms. The summed E-state index contributed by atoms with van der Waals surface area (Å²) in [4.78, 5) is 21.8. The van der Waals surface area contributed by atoms with E-state index in [4.69, 9.17) is 15.6 Å². The standard InChI is InChI=1S/C13H26N2O4/c1-13(2,3)19-12(18)15-9-7-5-4-6-8-10(14)11(16)17/h10H,4-9,14H2,1-3H3,(H,15,18)(H,16,17)/t10-/m0/s1. The zero-order valence-corrected chi connectivity index (χ0v) is 12.1. The van der Waals surface area contributed by atoms with Gasteiger partial charge in [0.2, 0.25) is 0 Å². The Morgan fingerprint density at radius 1 is 1.21 bits per heavy atom. The summed E-state index contributed by atoms with van der Waals surface area (Å²) in [6.45, 7) is 6.02. The molecular formula is C13H26N2O4. The van der Waals surface area contributed by atoms with E-state index in [0.717, 1.165) is 25.7 Å². The Morgan fingerprint density at radius 3 is 2.32 bits per heavy atom. The third-order valence-electron chi connectivity index (χ3n) is 2.43. The maximum Gasteiger partial charge on any atom is 0.407 e. The number of unbranched alkanes of at least 4 members (excludes halogenated alkanes) is 3. The Kier molecular flexibility index (Phi) is 8.14. The zero-order valence-electron chi connectivity index (χ0n) is 12.1. The van der Waals surface area contributed by atoms with Gasteiger partial charge in [0.25, 0.3) is 0 Å². The number of carbonyl (C=O) groups is 2. The number of ether oxygens (including phenoxy) is 1. The number of nitrogens with two attached hydrogens (primary N) is 1. The molecule has 0 fully saturated rings. The van der Waals surface area contributed by atoms with Gasteiger partial charge >= 0.3 is 12.1 Å². The summed E-state index contributed by atoms with van der Waals surface area (Å²) in [6, 6.07) is -0.764. The highest BCUT2D eigenvalue weighted by Crippen LogP contribution is 2.07. The van der Waals surface area contributed by atoms with Gasteiger partial charge in [-0.2, -0.15) is 0 Å². The van der Waals surface area contributed by atoms with Gasteiger partial charge in [-0.3, -0.25) is 4.79 Å². The van der Waals surface area contributed by atoms with Crippen LogP contribution in [0.25, 0.3) is 0 Å². The van der Waals surface area contributed by atoms with E-state index in [0.29, 0.717) is 13.0 Å². The summed E-state index contributed by atoms with van der Waals surface area (Å²) >= 11 is 0. The van der Waals surface area contributed by atoms with Crippen molar-refractivity contribution in [2.75, 3.05) is 6.54 Å². The fourth-order valence-corrected chi connectivity index (χ4v) is 1.47. The molecule has 19 heavy (non-hydrogen) atoms. The van der Waals surface area contributed by atoms with E-state index in [2.05, 4.69) is 5.32 Å². The van der Waals surface area contributed by atoms with Gasteiger partial charge < -0.3 is 20.9 Å². The molecular weight excluding hydrogens is 248 g/mol. The molecule has 0 heterocycles. The summed E-state index contributed by atoms with van der Waals surface area (Å²) < 4.78 is 5.09. The second kappa shape index (κ2) is 8.74. The van der Waals surface area contributed by atoms with Crippen molar-refractivity contribution in [3.8, 4) is 0 Å². The summed E-state index contributed by atoms with van der Waals surface area (Å²) in [5.41, 5.74) is 4.91. The second-order valence-electron chi connectivity index (χ2n) is 5.58. The van der Waals surface area contributed by atoms with Crippen molar-refractivity contribution in [2.24, 2.45) is 5.73 Å². The van der Waals surface area contributed by atoms with Crippen molar-refractivity contribution < 1.29 is 19.4 Å². The van der Waals surface area contributed by atoms with Crippen molar-refractivity contribution in [1.29, 1.82) is 0 Å². The third-order valence-corrected chi connectivity index (χ3v) is 2.43. The molecule has 0 saturated carbocycles. The van der Waals surface area contributed by atoms with Crippen molar-refractivity contribution in [1.82, 2.24) is 5.32 Å². The minimum atomic E-state index is -0.952. The minimum Gasteiger partial charge on any atom is -0.480 e. The Labute approximate surface area is 114 Å². The zero-order chi connectivity index (χ0) is 14.9. The van der Waals surface area contributed by atoms with E-state index >= 15 is 0 Å². The summed E-state index contributed by atoms with van der Waals surface area (Å²) in [5, 5.41) is 11.3. The summed E-state index contributed by atoms with van der Waals surface area (Å²) in [7, 11) is 0. The van der Waals surface area contributed by atoms with Crippen LogP contribution in [0.15, 0.2) is 0 Å². The Balaban J connectivity index is 3.41. The van der Waals surface area contributed by atoms with Gasteiger partial charge in [0.15, 0.2) is 0 Å². The second-order valence-corrected chi connectivity index (χ2v) is 5.58. The quantitative estimate of drug-likeness (QED) is 0.586. The van der Waals surface area contributed by atoms with Crippen LogP contribution in [-0.2, 0) is 9.53 Å². The highest BCUT2D eigenvalue weighted by Gasteiger charge is 2.15. The largest absolute Gasteiger partial charge is 0.480 e. The number of nitrogens with one attached hydrogen (secondary N) is 1. The number of aliphatic carboxylic acids is 1. The Bertz CT molecular complexity index is 287. The van der Waals surface area contributed by atoms with Crippen LogP contribution in [0.4, 0.5) is 4.79 Å². The Hall–Kier alpha value is -1.30. The van der Waals surface area contributed by atoms with Crippen LogP contribution in [0.5, 0.6) is 0 Å². The van der Waals surface area contributed by atoms with Crippen LogP contribution < -0.4 is 11.1 Å². The first-order valence-corrected chi connectivity index (χ1v) is 6.67. The number of hydrogen-bond donors (Lipinski definition) is 3. The number of carbonyl (C=O) groups excluding carboxylic acids is 1. The van der Waals surface area contributed by atoms with Gasteiger partial charge in [0, 0.05) is 6.54 Å². The van der Waals surface area contributed by atoms with E-state index in [1.54, 1.807) is 0 Å². The van der Waals surface area contributed by atoms with Gasteiger partial charge in [-0.05, 0) is 33.6 Å². The van der Waals surface area contributed by atoms with Gasteiger partial charge in [0.05, 0.1) is 0 Å². The molecule has 6 nitrogen and oxygen atoms in total. The van der Waals surface area contributed by atoms with Crippen LogP contribution in [-0.4, -0.2) is 35.4 Å². The van der Waals surface area contributed by atoms with Gasteiger partial charge in [-0.1, -0.05) is 19.3 Å². The molecule has 6 heteroatoms. The number of carboxylic acid groups (broad SMARTS) is 1. The van der Waals surface area contributed by atoms with Crippen LogP contribution in [0.2, 0.25) is 0 Å². The van der Waals surface area contributed by atoms with E-state index in [-0.39, 0.29) is 0 Å². The average molecular weight is 274 g/mol. The molecule has 1 amide bonds. The van der Waals surface area contributed by atoms with Gasteiger partial charge in [-0.15, -0.1) is 0 Å². The van der Waals surface area contributed by atoms with Crippen molar-refractivity contribution in [3.05, 3.63) is 0 Å². The lowest BCUT2D eigenvalue weighted by Gasteiger charge is -2.19. The lowest BCUT2D eigenvalue weighted by molar-refractivity contribution is -0.138. The lowest BCUT2D eigenvalue weighted by Crippen LogP contribution is -2.33. The van der Waals surface area contributed by atoms with Crippen LogP contribution >= 0.6 is 0 Å². The number of amides is 1. The highest BCUT2D eigenvalue weighted by atomic mass is 16.6. The molecule has 112 valence electrons. The monoisotopic (exact) mass is 274 g/mol. The molecule has 0 radical (unpaired) electrons. The molecule has 0 aromatic carbocycles. The fraction of sp³-hybridized carbons (Fsp3) is 0.846. The average Bonchev–Trinajstić information content (AvgIpc) is 2.24. The van der Waals surface area contributed by atoms with Crippen molar-refractivity contribution in [3.63, 3.8) is 0 Å². The van der Waals surface area contributed by atoms with Crippen LogP contribution in [0.1, 0.15) is 52.9 Å². The summed E-state index contributed by atoms with van der Waals surface area (Å²) in [5.74, 6) is -0.952. The minimum absolute atomic E-state index is 0.402. The molecule has 0 aliphatic rings. The van der Waals surface area contributed by atoms with E-state index in [9.17, 15) is 9.59 Å². The smallest absolute Gasteiger partial charge is 0.407 e. The number of carboxylic acids is 1. The van der Waals surface area contributed by atoms with Crippen LogP contribution in [0, 0.1) is 0 Å². The predicted octanol–water partition coefficient (Wildman–Crippen LogP) is 1.87. The SMILES string of the molecule is CC(C)(C)OC(=O)NCCCCCC[C@H](N)C(=O)O. The van der Waals surface area contributed by atoms with Crippen molar-refractivity contribution in [2.45, 2.75) is 64.5 Å². The van der Waals surface area contributed by atoms with Crippen molar-refractivity contribution >= 4 is 12.1 Å². The van der Waals surface area contributed by atoms with E-state index in [1.807, 2.05) is 20.8 Å². The molecule has 0 saturated heterocycles. The first-order chi connectivity index (χ1) is 8.72. The number of alkyl carbamates (subject to hydrolysis) is 1. The molecule has 0 bridgehead atoms. The molecule has 0 unspecified atom stereocenters. The first kappa shape index (κ1) is 17.7. The maximum atomic E-state index is 11.3. The van der Waals surface area contributed by atoms with E-state index < -0.39 is 23.7 Å². The molecule has 0 aliphatic carbocycles. The topological polar surface area (TPSA) is 102 Å². The summed E-state index contributed by atoms with van der Waals surface area (Å²) in [6.07, 6.45) is 3.58. The molecule has 0 rings (SSSR count). The molecule has 0 aromatic heterocycles.